The van der Waals surface area contributed by atoms with E-state index in [4.69, 9.17) is 23.2 Å². The van der Waals surface area contributed by atoms with Crippen molar-refractivity contribution in [2.45, 2.75) is 12.5 Å². The van der Waals surface area contributed by atoms with E-state index in [1.54, 1.807) is 12.4 Å². The first-order chi connectivity index (χ1) is 6.59. The van der Waals surface area contributed by atoms with Gasteiger partial charge in [0.2, 0.25) is 5.95 Å². The highest BCUT2D eigenvalue weighted by molar-refractivity contribution is 14.1. The van der Waals surface area contributed by atoms with Crippen molar-refractivity contribution in [1.82, 2.24) is 9.97 Å². The molecule has 1 aromatic rings. The van der Waals surface area contributed by atoms with Gasteiger partial charge in [0.1, 0.15) is 0 Å². The summed E-state index contributed by atoms with van der Waals surface area (Å²) in [5, 5.41) is 3.09. The minimum Gasteiger partial charge on any atom is -0.347 e. The molecule has 0 atom stereocenters. The van der Waals surface area contributed by atoms with Crippen LogP contribution in [0.4, 0.5) is 5.95 Å². The molecule has 1 rings (SSSR count). The van der Waals surface area contributed by atoms with Crippen molar-refractivity contribution in [2.75, 3.05) is 17.1 Å². The van der Waals surface area contributed by atoms with Gasteiger partial charge < -0.3 is 5.32 Å². The third kappa shape index (κ3) is 3.40. The number of anilines is 1. The second kappa shape index (κ2) is 5.32. The van der Waals surface area contributed by atoms with Crippen LogP contribution in [0.1, 0.15) is 6.92 Å². The molecule has 6 heteroatoms. The molecule has 1 aromatic heterocycles. The highest BCUT2D eigenvalue weighted by Crippen LogP contribution is 2.15. The predicted octanol–water partition coefficient (Wildman–Crippen LogP) is 2.73. The zero-order valence-corrected chi connectivity index (χ0v) is 11.3. The molecule has 0 unspecified atom stereocenters. The van der Waals surface area contributed by atoms with E-state index in [0.29, 0.717) is 17.7 Å². The summed E-state index contributed by atoms with van der Waals surface area (Å²) in [6, 6.07) is 0. The third-order valence-corrected chi connectivity index (χ3v) is 3.36. The molecule has 1 N–H and O–H groups in total. The van der Waals surface area contributed by atoms with E-state index in [9.17, 15) is 0 Å². The van der Waals surface area contributed by atoms with Gasteiger partial charge in [-0.05, 0) is 29.5 Å². The molecule has 0 saturated heterocycles. The van der Waals surface area contributed by atoms with E-state index in [2.05, 4.69) is 37.9 Å². The first kappa shape index (κ1) is 12.3. The zero-order valence-electron chi connectivity index (χ0n) is 7.60. The maximum atomic E-state index is 5.79. The van der Waals surface area contributed by atoms with Crippen molar-refractivity contribution >= 4 is 51.7 Å². The molecule has 0 amide bonds. The van der Waals surface area contributed by atoms with Gasteiger partial charge in [0.05, 0.1) is 5.54 Å². The summed E-state index contributed by atoms with van der Waals surface area (Å²) in [5.41, 5.74) is -0.365. The van der Waals surface area contributed by atoms with Crippen molar-refractivity contribution in [3.63, 3.8) is 0 Å². The fourth-order valence-corrected chi connectivity index (χ4v) is 1.45. The first-order valence-electron chi connectivity index (χ1n) is 3.97. The van der Waals surface area contributed by atoms with E-state index in [0.717, 1.165) is 3.57 Å². The number of nitrogens with zero attached hydrogens (tertiary/aromatic N) is 2. The predicted molar refractivity (Wildman–Crippen MR) is 68.2 cm³/mol. The summed E-state index contributed by atoms with van der Waals surface area (Å²) >= 11 is 13.7. The Hall–Kier alpha value is 0.190. The lowest BCUT2D eigenvalue weighted by atomic mass is 10.1. The van der Waals surface area contributed by atoms with Crippen LogP contribution in [-0.4, -0.2) is 27.3 Å². The number of hydrogen-bond acceptors (Lipinski definition) is 3. The third-order valence-electron chi connectivity index (χ3n) is 1.62. The van der Waals surface area contributed by atoms with Gasteiger partial charge in [0.25, 0.3) is 0 Å². The fraction of sp³-hybridized carbons (Fsp3) is 0.500. The molecule has 0 aliphatic heterocycles. The van der Waals surface area contributed by atoms with Crippen LogP contribution in [0.5, 0.6) is 0 Å². The van der Waals surface area contributed by atoms with Gasteiger partial charge >= 0.3 is 0 Å². The van der Waals surface area contributed by atoms with Gasteiger partial charge in [0.15, 0.2) is 0 Å². The number of aromatic nitrogens is 2. The van der Waals surface area contributed by atoms with Crippen LogP contribution in [0.25, 0.3) is 0 Å². The lowest BCUT2D eigenvalue weighted by Crippen LogP contribution is -2.39. The average molecular weight is 346 g/mol. The van der Waals surface area contributed by atoms with Gasteiger partial charge in [-0.25, -0.2) is 9.97 Å². The lowest BCUT2D eigenvalue weighted by molar-refractivity contribution is 0.640. The van der Waals surface area contributed by atoms with Crippen molar-refractivity contribution in [3.8, 4) is 0 Å². The average Bonchev–Trinajstić information content (AvgIpc) is 2.21. The Balaban J connectivity index is 2.72. The van der Waals surface area contributed by atoms with Gasteiger partial charge in [-0.2, -0.15) is 0 Å². The molecule has 78 valence electrons. The van der Waals surface area contributed by atoms with Crippen molar-refractivity contribution in [1.29, 1.82) is 0 Å². The quantitative estimate of drug-likeness (QED) is 0.673. The maximum absolute atomic E-state index is 5.79. The van der Waals surface area contributed by atoms with E-state index in [1.165, 1.54) is 0 Å². The number of halogens is 3. The van der Waals surface area contributed by atoms with Crippen LogP contribution in [-0.2, 0) is 0 Å². The zero-order chi connectivity index (χ0) is 10.6. The normalized spacial score (nSPS) is 11.4. The standard InChI is InChI=1S/C8H10Cl2IN3/c1-8(4-9,5-10)14-7-12-2-6(11)3-13-7/h2-3H,4-5H2,1H3,(H,12,13,14). The molecule has 0 aliphatic carbocycles. The molecule has 0 aromatic carbocycles. The Morgan fingerprint density at radius 2 is 1.86 bits per heavy atom. The smallest absolute Gasteiger partial charge is 0.223 e. The number of hydrogen-bond donors (Lipinski definition) is 1. The summed E-state index contributed by atoms with van der Waals surface area (Å²) in [7, 11) is 0. The van der Waals surface area contributed by atoms with Crippen molar-refractivity contribution in [2.24, 2.45) is 0 Å². The molecule has 0 fully saturated rings. The number of nitrogens with one attached hydrogen (secondary N) is 1. The van der Waals surface area contributed by atoms with Gasteiger partial charge in [-0.3, -0.25) is 0 Å². The Morgan fingerprint density at radius 3 is 2.29 bits per heavy atom. The fourth-order valence-electron chi connectivity index (χ4n) is 0.749. The van der Waals surface area contributed by atoms with E-state index in [1.807, 2.05) is 6.92 Å². The number of alkyl halides is 2. The first-order valence-corrected chi connectivity index (χ1v) is 6.12. The second-order valence-electron chi connectivity index (χ2n) is 3.18. The van der Waals surface area contributed by atoms with E-state index < -0.39 is 0 Å². The molecule has 0 spiro atoms. The van der Waals surface area contributed by atoms with E-state index in [-0.39, 0.29) is 5.54 Å². The molecule has 3 nitrogen and oxygen atoms in total. The molecule has 0 saturated carbocycles. The van der Waals surface area contributed by atoms with Crippen LogP contribution in [0.15, 0.2) is 12.4 Å². The maximum Gasteiger partial charge on any atom is 0.223 e. The summed E-state index contributed by atoms with van der Waals surface area (Å²) in [4.78, 5) is 8.22. The summed E-state index contributed by atoms with van der Waals surface area (Å²) in [6.45, 7) is 1.92. The Bertz CT molecular complexity index is 287. The largest absolute Gasteiger partial charge is 0.347 e. The van der Waals surface area contributed by atoms with Crippen LogP contribution in [0.2, 0.25) is 0 Å². The lowest BCUT2D eigenvalue weighted by Gasteiger charge is -2.25. The van der Waals surface area contributed by atoms with Crippen LogP contribution >= 0.6 is 45.8 Å². The molecule has 14 heavy (non-hydrogen) atoms. The highest BCUT2D eigenvalue weighted by atomic mass is 127. The molecule has 0 bridgehead atoms. The van der Waals surface area contributed by atoms with Crippen molar-refractivity contribution < 1.29 is 0 Å². The minimum absolute atomic E-state index is 0.365. The van der Waals surface area contributed by atoms with Crippen LogP contribution < -0.4 is 5.32 Å². The number of rotatable bonds is 4. The summed E-state index contributed by atoms with van der Waals surface area (Å²) < 4.78 is 0.992. The molecule has 0 aliphatic rings. The second-order valence-corrected chi connectivity index (χ2v) is 4.96. The Labute approximate surface area is 107 Å². The monoisotopic (exact) mass is 345 g/mol. The highest BCUT2D eigenvalue weighted by Gasteiger charge is 2.22. The molecular weight excluding hydrogens is 336 g/mol. The SMILES string of the molecule is CC(CCl)(CCl)Nc1ncc(I)cn1. The molecule has 1 heterocycles. The Morgan fingerprint density at radius 1 is 1.36 bits per heavy atom. The van der Waals surface area contributed by atoms with E-state index >= 15 is 0 Å². The van der Waals surface area contributed by atoms with Gasteiger partial charge in [-0.15, -0.1) is 23.2 Å². The molecular formula is C8H10Cl2IN3. The van der Waals surface area contributed by atoms with Crippen LogP contribution in [0, 0.1) is 3.57 Å². The summed E-state index contributed by atoms with van der Waals surface area (Å²) in [5.74, 6) is 1.37. The van der Waals surface area contributed by atoms with Gasteiger partial charge in [-0.1, -0.05) is 0 Å². The molecule has 0 radical (unpaired) electrons. The topological polar surface area (TPSA) is 37.8 Å². The minimum atomic E-state index is -0.365. The van der Waals surface area contributed by atoms with Crippen LogP contribution in [0.3, 0.4) is 0 Å². The summed E-state index contributed by atoms with van der Waals surface area (Å²) in [6.07, 6.45) is 3.47. The van der Waals surface area contributed by atoms with Gasteiger partial charge in [0, 0.05) is 27.7 Å². The van der Waals surface area contributed by atoms with Crippen molar-refractivity contribution in [3.05, 3.63) is 16.0 Å². The Kier molecular flexibility index (Phi) is 4.66.